The molecule has 0 spiro atoms. The van der Waals surface area contributed by atoms with E-state index in [4.69, 9.17) is 0 Å². The molecule has 0 amide bonds. The van der Waals surface area contributed by atoms with Crippen molar-refractivity contribution < 1.29 is 14.3 Å². The molecule has 0 aliphatic rings. The van der Waals surface area contributed by atoms with E-state index in [2.05, 4.69) is 10.3 Å². The van der Waals surface area contributed by atoms with Crippen LogP contribution in [0.25, 0.3) is 0 Å². The number of pyridine rings is 1. The number of hydrogen-bond donors (Lipinski definition) is 2. The van der Waals surface area contributed by atoms with Gasteiger partial charge in [0.2, 0.25) is 0 Å². The quantitative estimate of drug-likeness (QED) is 0.864. The molecule has 2 rings (SSSR count). The maximum absolute atomic E-state index is 12.8. The Balaban J connectivity index is 2.09. The standard InChI is InChI=1S/C14H13FN2O2/c15-12-5-3-11(4-6-12)13(14(18)19)17-9-10-2-1-7-16-8-10/h1-8,13,17H,9H2,(H,18,19). The Morgan fingerprint density at radius 3 is 2.63 bits per heavy atom. The second-order valence-electron chi connectivity index (χ2n) is 4.06. The largest absolute Gasteiger partial charge is 0.480 e. The summed E-state index contributed by atoms with van der Waals surface area (Å²) in [4.78, 5) is 15.2. The number of rotatable bonds is 5. The van der Waals surface area contributed by atoms with E-state index in [1.165, 1.54) is 24.3 Å². The number of nitrogens with one attached hydrogen (secondary N) is 1. The summed E-state index contributed by atoms with van der Waals surface area (Å²) in [6, 6.07) is 8.18. The van der Waals surface area contributed by atoms with Crippen molar-refractivity contribution in [1.82, 2.24) is 10.3 Å². The number of nitrogens with zero attached hydrogens (tertiary/aromatic N) is 1. The molecule has 98 valence electrons. The molecule has 1 unspecified atom stereocenters. The number of aliphatic carboxylic acids is 1. The molecule has 2 aromatic rings. The van der Waals surface area contributed by atoms with Gasteiger partial charge in [0.1, 0.15) is 11.9 Å². The first kappa shape index (κ1) is 13.2. The molecule has 0 bridgehead atoms. The minimum atomic E-state index is -1.00. The second-order valence-corrected chi connectivity index (χ2v) is 4.06. The summed E-state index contributed by atoms with van der Waals surface area (Å²) >= 11 is 0. The Bertz CT molecular complexity index is 543. The third-order valence-electron chi connectivity index (χ3n) is 2.68. The zero-order valence-electron chi connectivity index (χ0n) is 10.1. The van der Waals surface area contributed by atoms with E-state index in [-0.39, 0.29) is 5.82 Å². The molecule has 0 radical (unpaired) electrons. The van der Waals surface area contributed by atoms with Crippen LogP contribution < -0.4 is 5.32 Å². The minimum Gasteiger partial charge on any atom is -0.480 e. The van der Waals surface area contributed by atoms with Crippen LogP contribution in [0.4, 0.5) is 4.39 Å². The predicted octanol–water partition coefficient (Wildman–Crippen LogP) is 2.14. The lowest BCUT2D eigenvalue weighted by Crippen LogP contribution is -2.28. The van der Waals surface area contributed by atoms with Crippen molar-refractivity contribution in [3.8, 4) is 0 Å². The number of hydrogen-bond acceptors (Lipinski definition) is 3. The highest BCUT2D eigenvalue weighted by molar-refractivity contribution is 5.75. The van der Waals surface area contributed by atoms with Gasteiger partial charge in [0.15, 0.2) is 0 Å². The minimum absolute atomic E-state index is 0.377. The van der Waals surface area contributed by atoms with E-state index in [0.717, 1.165) is 5.56 Å². The molecule has 1 aromatic heterocycles. The predicted molar refractivity (Wildman–Crippen MR) is 67.9 cm³/mol. The van der Waals surface area contributed by atoms with Crippen molar-refractivity contribution >= 4 is 5.97 Å². The highest BCUT2D eigenvalue weighted by Gasteiger charge is 2.18. The molecule has 4 nitrogen and oxygen atoms in total. The van der Waals surface area contributed by atoms with Crippen molar-refractivity contribution in [3.63, 3.8) is 0 Å². The van der Waals surface area contributed by atoms with Crippen LogP contribution in [0.5, 0.6) is 0 Å². The highest BCUT2D eigenvalue weighted by atomic mass is 19.1. The molecular weight excluding hydrogens is 247 g/mol. The van der Waals surface area contributed by atoms with Crippen LogP contribution in [0.3, 0.4) is 0 Å². The van der Waals surface area contributed by atoms with E-state index in [1.54, 1.807) is 18.5 Å². The first-order valence-corrected chi connectivity index (χ1v) is 5.77. The first-order chi connectivity index (χ1) is 9.16. The van der Waals surface area contributed by atoms with Gasteiger partial charge in [0.05, 0.1) is 0 Å². The first-order valence-electron chi connectivity index (χ1n) is 5.77. The van der Waals surface area contributed by atoms with Crippen LogP contribution in [-0.2, 0) is 11.3 Å². The van der Waals surface area contributed by atoms with Crippen LogP contribution in [0.15, 0.2) is 48.8 Å². The van der Waals surface area contributed by atoms with Gasteiger partial charge in [0, 0.05) is 18.9 Å². The lowest BCUT2D eigenvalue weighted by Gasteiger charge is -2.14. The van der Waals surface area contributed by atoms with Gasteiger partial charge in [-0.2, -0.15) is 0 Å². The molecule has 0 aliphatic heterocycles. The van der Waals surface area contributed by atoms with Gasteiger partial charge in [-0.1, -0.05) is 18.2 Å². The maximum Gasteiger partial charge on any atom is 0.325 e. The van der Waals surface area contributed by atoms with Crippen LogP contribution in [0, 0.1) is 5.82 Å². The summed E-state index contributed by atoms with van der Waals surface area (Å²) < 4.78 is 12.8. The Kier molecular flexibility index (Phi) is 4.20. The lowest BCUT2D eigenvalue weighted by molar-refractivity contribution is -0.139. The van der Waals surface area contributed by atoms with Crippen LogP contribution in [-0.4, -0.2) is 16.1 Å². The van der Waals surface area contributed by atoms with Crippen LogP contribution >= 0.6 is 0 Å². The van der Waals surface area contributed by atoms with Crippen molar-refractivity contribution in [2.45, 2.75) is 12.6 Å². The van der Waals surface area contributed by atoms with Gasteiger partial charge < -0.3 is 5.11 Å². The summed E-state index contributed by atoms with van der Waals surface area (Å²) in [6.45, 7) is 0.377. The van der Waals surface area contributed by atoms with E-state index >= 15 is 0 Å². The zero-order chi connectivity index (χ0) is 13.7. The molecular formula is C14H13FN2O2. The fourth-order valence-corrected chi connectivity index (χ4v) is 1.73. The third-order valence-corrected chi connectivity index (χ3v) is 2.68. The summed E-state index contributed by atoms with van der Waals surface area (Å²) in [5.41, 5.74) is 1.40. The number of benzene rings is 1. The maximum atomic E-state index is 12.8. The smallest absolute Gasteiger partial charge is 0.325 e. The molecule has 19 heavy (non-hydrogen) atoms. The molecule has 5 heteroatoms. The van der Waals surface area contributed by atoms with Gasteiger partial charge in [-0.25, -0.2) is 4.39 Å². The Morgan fingerprint density at radius 1 is 1.32 bits per heavy atom. The molecule has 1 heterocycles. The molecule has 1 aromatic carbocycles. The summed E-state index contributed by atoms with van der Waals surface area (Å²) in [5, 5.41) is 12.1. The lowest BCUT2D eigenvalue weighted by atomic mass is 10.1. The van der Waals surface area contributed by atoms with Crippen LogP contribution in [0.1, 0.15) is 17.2 Å². The number of halogens is 1. The van der Waals surface area contributed by atoms with Crippen molar-refractivity contribution in [2.75, 3.05) is 0 Å². The Labute approximate surface area is 109 Å². The van der Waals surface area contributed by atoms with Crippen LogP contribution in [0.2, 0.25) is 0 Å². The normalized spacial score (nSPS) is 12.1. The summed E-state index contributed by atoms with van der Waals surface area (Å²) in [6.07, 6.45) is 3.31. The topological polar surface area (TPSA) is 62.2 Å². The van der Waals surface area contributed by atoms with Gasteiger partial charge in [-0.05, 0) is 29.3 Å². The molecule has 1 atom stereocenters. The fraction of sp³-hybridized carbons (Fsp3) is 0.143. The number of carboxylic acids is 1. The Hall–Kier alpha value is -2.27. The van der Waals surface area contributed by atoms with E-state index < -0.39 is 12.0 Å². The molecule has 0 fully saturated rings. The van der Waals surface area contributed by atoms with E-state index in [0.29, 0.717) is 12.1 Å². The SMILES string of the molecule is O=C(O)C(NCc1cccnc1)c1ccc(F)cc1. The third kappa shape index (κ3) is 3.59. The van der Waals surface area contributed by atoms with E-state index in [9.17, 15) is 14.3 Å². The fourth-order valence-electron chi connectivity index (χ4n) is 1.73. The zero-order valence-corrected chi connectivity index (χ0v) is 10.1. The molecule has 2 N–H and O–H groups in total. The summed E-state index contributed by atoms with van der Waals surface area (Å²) in [5.74, 6) is -1.39. The molecule has 0 aliphatic carbocycles. The van der Waals surface area contributed by atoms with Gasteiger partial charge in [-0.3, -0.25) is 15.1 Å². The Morgan fingerprint density at radius 2 is 2.05 bits per heavy atom. The second kappa shape index (κ2) is 6.06. The van der Waals surface area contributed by atoms with Crippen molar-refractivity contribution in [1.29, 1.82) is 0 Å². The average Bonchev–Trinajstić information content (AvgIpc) is 2.42. The van der Waals surface area contributed by atoms with Crippen molar-refractivity contribution in [2.24, 2.45) is 0 Å². The van der Waals surface area contributed by atoms with Gasteiger partial charge >= 0.3 is 5.97 Å². The highest BCUT2D eigenvalue weighted by Crippen LogP contribution is 2.14. The van der Waals surface area contributed by atoms with E-state index in [1.807, 2.05) is 6.07 Å². The van der Waals surface area contributed by atoms with Crippen molar-refractivity contribution in [3.05, 3.63) is 65.7 Å². The van der Waals surface area contributed by atoms with Gasteiger partial charge in [0.25, 0.3) is 0 Å². The monoisotopic (exact) mass is 260 g/mol. The van der Waals surface area contributed by atoms with Gasteiger partial charge in [-0.15, -0.1) is 0 Å². The number of carboxylic acid groups (broad SMARTS) is 1. The number of carbonyl (C=O) groups is 1. The summed E-state index contributed by atoms with van der Waals surface area (Å²) in [7, 11) is 0. The average molecular weight is 260 g/mol. The number of aromatic nitrogens is 1. The molecule has 0 saturated carbocycles. The molecule has 0 saturated heterocycles.